The van der Waals surface area contributed by atoms with E-state index in [1.165, 1.54) is 0 Å². The molecule has 20 heavy (non-hydrogen) atoms. The van der Waals surface area contributed by atoms with Crippen molar-refractivity contribution in [3.63, 3.8) is 0 Å². The number of hydrogen-bond donors (Lipinski definition) is 1. The minimum Gasteiger partial charge on any atom is -0.424 e. The number of methoxy groups -OCH3 is 1. The summed E-state index contributed by atoms with van der Waals surface area (Å²) in [6, 6.07) is 8.04. The van der Waals surface area contributed by atoms with Gasteiger partial charge in [-0.05, 0) is 24.2 Å². The second-order valence-corrected chi connectivity index (χ2v) is 4.34. The van der Waals surface area contributed by atoms with Gasteiger partial charge in [-0.3, -0.25) is 0 Å². The van der Waals surface area contributed by atoms with Crippen molar-refractivity contribution in [3.8, 4) is 11.8 Å². The van der Waals surface area contributed by atoms with Gasteiger partial charge in [-0.2, -0.15) is 0 Å². The van der Waals surface area contributed by atoms with Gasteiger partial charge in [0, 0.05) is 31.6 Å². The molecule has 0 atom stereocenters. The lowest BCUT2D eigenvalue weighted by atomic mass is 10.2. The molecule has 1 aromatic heterocycles. The van der Waals surface area contributed by atoms with Crippen LogP contribution in [0.4, 0.5) is 0 Å². The van der Waals surface area contributed by atoms with Gasteiger partial charge in [0.25, 0.3) is 0 Å². The Morgan fingerprint density at radius 2 is 1.95 bits per heavy atom. The van der Waals surface area contributed by atoms with Crippen LogP contribution >= 0.6 is 0 Å². The highest BCUT2D eigenvalue weighted by molar-refractivity contribution is 5.30. The number of nitrogens with one attached hydrogen (secondary N) is 1. The van der Waals surface area contributed by atoms with E-state index in [0.717, 1.165) is 24.2 Å². The van der Waals surface area contributed by atoms with E-state index in [-0.39, 0.29) is 0 Å². The van der Waals surface area contributed by atoms with Crippen molar-refractivity contribution < 1.29 is 9.47 Å². The summed E-state index contributed by atoms with van der Waals surface area (Å²) in [5.41, 5.74) is 2.08. The zero-order chi connectivity index (χ0) is 14.2. The summed E-state index contributed by atoms with van der Waals surface area (Å²) in [4.78, 5) is 8.40. The van der Waals surface area contributed by atoms with E-state index in [1.807, 2.05) is 24.3 Å². The third kappa shape index (κ3) is 4.29. The van der Waals surface area contributed by atoms with Gasteiger partial charge in [-0.15, -0.1) is 0 Å². The normalized spacial score (nSPS) is 10.5. The minimum absolute atomic E-state index is 0.347. The molecule has 1 heterocycles. The Morgan fingerprint density at radius 3 is 2.65 bits per heavy atom. The van der Waals surface area contributed by atoms with Crippen molar-refractivity contribution in [3.05, 3.63) is 47.8 Å². The first-order chi connectivity index (χ1) is 9.81. The minimum atomic E-state index is 0.347. The Balaban J connectivity index is 2.00. The number of nitrogens with zero attached hydrogens (tertiary/aromatic N) is 2. The van der Waals surface area contributed by atoms with Crippen LogP contribution in [0, 0.1) is 0 Å². The smallest absolute Gasteiger partial charge is 0.321 e. The third-order valence-corrected chi connectivity index (χ3v) is 2.68. The van der Waals surface area contributed by atoms with E-state index in [0.29, 0.717) is 18.4 Å². The van der Waals surface area contributed by atoms with Gasteiger partial charge in [-0.25, -0.2) is 9.97 Å². The number of benzene rings is 1. The SMILES string of the molecule is CCNCc1cnc(Oc2cccc(COC)c2)nc1. The molecule has 1 aromatic carbocycles. The Hall–Kier alpha value is -1.98. The summed E-state index contributed by atoms with van der Waals surface area (Å²) < 4.78 is 10.7. The highest BCUT2D eigenvalue weighted by Crippen LogP contribution is 2.19. The van der Waals surface area contributed by atoms with Gasteiger partial charge in [-0.1, -0.05) is 19.1 Å². The van der Waals surface area contributed by atoms with Crippen LogP contribution in [-0.2, 0) is 17.9 Å². The lowest BCUT2D eigenvalue weighted by molar-refractivity contribution is 0.184. The molecule has 5 nitrogen and oxygen atoms in total. The maximum atomic E-state index is 5.63. The van der Waals surface area contributed by atoms with E-state index in [1.54, 1.807) is 19.5 Å². The lowest BCUT2D eigenvalue weighted by Crippen LogP contribution is -2.12. The van der Waals surface area contributed by atoms with Gasteiger partial charge < -0.3 is 14.8 Å². The van der Waals surface area contributed by atoms with Crippen molar-refractivity contribution in [2.24, 2.45) is 0 Å². The first-order valence-electron chi connectivity index (χ1n) is 6.59. The van der Waals surface area contributed by atoms with Gasteiger partial charge in [0.1, 0.15) is 5.75 Å². The molecule has 0 radical (unpaired) electrons. The van der Waals surface area contributed by atoms with Crippen LogP contribution in [0.3, 0.4) is 0 Å². The standard InChI is InChI=1S/C15H19N3O2/c1-3-16-8-13-9-17-15(18-10-13)20-14-6-4-5-12(7-14)11-19-2/h4-7,9-10,16H,3,8,11H2,1-2H3. The van der Waals surface area contributed by atoms with Crippen molar-refractivity contribution in [1.29, 1.82) is 0 Å². The van der Waals surface area contributed by atoms with Crippen LogP contribution in [0.25, 0.3) is 0 Å². The van der Waals surface area contributed by atoms with Crippen molar-refractivity contribution in [1.82, 2.24) is 15.3 Å². The van der Waals surface area contributed by atoms with Crippen LogP contribution in [0.2, 0.25) is 0 Å². The zero-order valence-corrected chi connectivity index (χ0v) is 11.8. The van der Waals surface area contributed by atoms with Crippen molar-refractivity contribution in [2.45, 2.75) is 20.1 Å². The highest BCUT2D eigenvalue weighted by Gasteiger charge is 2.02. The molecule has 0 saturated carbocycles. The van der Waals surface area contributed by atoms with Crippen LogP contribution in [0.1, 0.15) is 18.1 Å². The molecule has 0 spiro atoms. The number of aromatic nitrogens is 2. The fourth-order valence-electron chi connectivity index (χ4n) is 1.73. The molecule has 0 aliphatic rings. The molecule has 0 unspecified atom stereocenters. The summed E-state index contributed by atoms with van der Waals surface area (Å²) >= 11 is 0. The van der Waals surface area contributed by atoms with E-state index < -0.39 is 0 Å². The monoisotopic (exact) mass is 273 g/mol. The summed E-state index contributed by atoms with van der Waals surface area (Å²) in [5.74, 6) is 0.707. The predicted octanol–water partition coefficient (Wildman–Crippen LogP) is 2.52. The molecule has 2 rings (SSSR count). The number of rotatable bonds is 7. The van der Waals surface area contributed by atoms with E-state index in [2.05, 4.69) is 22.2 Å². The summed E-state index contributed by atoms with van der Waals surface area (Å²) in [6.07, 6.45) is 3.54. The Bertz CT molecular complexity index is 529. The molecule has 1 N–H and O–H groups in total. The maximum absolute atomic E-state index is 5.63. The topological polar surface area (TPSA) is 56.3 Å². The van der Waals surface area contributed by atoms with Gasteiger partial charge >= 0.3 is 6.01 Å². The zero-order valence-electron chi connectivity index (χ0n) is 11.8. The highest BCUT2D eigenvalue weighted by atomic mass is 16.5. The molecule has 0 amide bonds. The van der Waals surface area contributed by atoms with Crippen molar-refractivity contribution in [2.75, 3.05) is 13.7 Å². The van der Waals surface area contributed by atoms with Crippen LogP contribution in [0.15, 0.2) is 36.7 Å². The van der Waals surface area contributed by atoms with Crippen LogP contribution < -0.4 is 10.1 Å². The molecule has 0 saturated heterocycles. The summed E-state index contributed by atoms with van der Waals surface area (Å²) in [7, 11) is 1.67. The summed E-state index contributed by atoms with van der Waals surface area (Å²) in [6.45, 7) is 4.30. The fourth-order valence-corrected chi connectivity index (χ4v) is 1.73. The van der Waals surface area contributed by atoms with Gasteiger partial charge in [0.05, 0.1) is 6.61 Å². The van der Waals surface area contributed by atoms with E-state index in [4.69, 9.17) is 9.47 Å². The fraction of sp³-hybridized carbons (Fsp3) is 0.333. The van der Waals surface area contributed by atoms with Gasteiger partial charge in [0.2, 0.25) is 0 Å². The first kappa shape index (κ1) is 14.4. The second kappa shape index (κ2) is 7.57. The predicted molar refractivity (Wildman–Crippen MR) is 76.6 cm³/mol. The number of ether oxygens (including phenoxy) is 2. The molecule has 0 bridgehead atoms. The molecular formula is C15H19N3O2. The average molecular weight is 273 g/mol. The van der Waals surface area contributed by atoms with Crippen LogP contribution in [-0.4, -0.2) is 23.6 Å². The molecule has 5 heteroatoms. The van der Waals surface area contributed by atoms with E-state index >= 15 is 0 Å². The molecule has 0 fully saturated rings. The summed E-state index contributed by atoms with van der Waals surface area (Å²) in [5, 5.41) is 3.22. The second-order valence-electron chi connectivity index (χ2n) is 4.34. The molecule has 0 aliphatic carbocycles. The maximum Gasteiger partial charge on any atom is 0.321 e. The van der Waals surface area contributed by atoms with Gasteiger partial charge in [0.15, 0.2) is 0 Å². The lowest BCUT2D eigenvalue weighted by Gasteiger charge is -2.06. The quantitative estimate of drug-likeness (QED) is 0.840. The Kier molecular flexibility index (Phi) is 5.46. The average Bonchev–Trinajstić information content (AvgIpc) is 2.47. The first-order valence-corrected chi connectivity index (χ1v) is 6.59. The largest absolute Gasteiger partial charge is 0.424 e. The third-order valence-electron chi connectivity index (χ3n) is 2.68. The molecule has 0 aliphatic heterocycles. The molecule has 106 valence electrons. The van der Waals surface area contributed by atoms with E-state index in [9.17, 15) is 0 Å². The molecular weight excluding hydrogens is 254 g/mol. The van der Waals surface area contributed by atoms with Crippen LogP contribution in [0.5, 0.6) is 11.8 Å². The van der Waals surface area contributed by atoms with Crippen molar-refractivity contribution >= 4 is 0 Å². The Labute approximate surface area is 119 Å². The number of hydrogen-bond acceptors (Lipinski definition) is 5. The molecule has 2 aromatic rings. The Morgan fingerprint density at radius 1 is 1.15 bits per heavy atom.